The van der Waals surface area contributed by atoms with Crippen molar-refractivity contribution in [3.63, 3.8) is 0 Å². The SMILES string of the molecule is N=C(OC(=N)c1ccc(-n2c3ccccc3c3cc(-c4ccc5c(c4)c4ccccc4n5-c4ccc(-c5cccc6ccccc56)cc4)ccc32)cc1)c1ccccc1. The highest BCUT2D eigenvalue weighted by Crippen LogP contribution is 2.39. The highest BCUT2D eigenvalue weighted by atomic mass is 16.5. The molecule has 0 radical (unpaired) electrons. The lowest BCUT2D eigenvalue weighted by atomic mass is 9.98. The molecular formula is C54H36N4O. The van der Waals surface area contributed by atoms with Gasteiger partial charge >= 0.3 is 0 Å². The van der Waals surface area contributed by atoms with Crippen LogP contribution < -0.4 is 0 Å². The van der Waals surface area contributed by atoms with Gasteiger partial charge in [0.05, 0.1) is 22.1 Å². The van der Waals surface area contributed by atoms with Crippen LogP contribution in [0.2, 0.25) is 0 Å². The number of fused-ring (bicyclic) bond motifs is 7. The van der Waals surface area contributed by atoms with Gasteiger partial charge in [-0.25, -0.2) is 0 Å². The molecule has 0 aliphatic carbocycles. The van der Waals surface area contributed by atoms with Crippen LogP contribution >= 0.6 is 0 Å². The molecule has 11 aromatic rings. The normalized spacial score (nSPS) is 11.5. The lowest BCUT2D eigenvalue weighted by Crippen LogP contribution is -2.12. The Balaban J connectivity index is 0.950. The molecule has 5 heteroatoms. The Kier molecular flexibility index (Phi) is 8.05. The van der Waals surface area contributed by atoms with E-state index in [1.165, 1.54) is 54.5 Å². The van der Waals surface area contributed by atoms with Gasteiger partial charge in [-0.3, -0.25) is 10.8 Å². The summed E-state index contributed by atoms with van der Waals surface area (Å²) in [5.74, 6) is -0.113. The predicted octanol–water partition coefficient (Wildman–Crippen LogP) is 13.7. The monoisotopic (exact) mass is 756 g/mol. The minimum Gasteiger partial charge on any atom is -0.421 e. The van der Waals surface area contributed by atoms with E-state index in [0.29, 0.717) is 11.1 Å². The third kappa shape index (κ3) is 5.79. The number of nitrogens with one attached hydrogen (secondary N) is 2. The highest BCUT2D eigenvalue weighted by molar-refractivity contribution is 6.13. The van der Waals surface area contributed by atoms with Crippen molar-refractivity contribution in [1.82, 2.24) is 9.13 Å². The quantitative estimate of drug-likeness (QED) is 0.129. The summed E-state index contributed by atoms with van der Waals surface area (Å²) < 4.78 is 10.3. The number of ether oxygens (including phenoxy) is 1. The summed E-state index contributed by atoms with van der Waals surface area (Å²) in [6.07, 6.45) is 0. The van der Waals surface area contributed by atoms with Crippen molar-refractivity contribution in [3.05, 3.63) is 217 Å². The van der Waals surface area contributed by atoms with Crippen molar-refractivity contribution in [2.75, 3.05) is 0 Å². The topological polar surface area (TPSA) is 66.8 Å². The van der Waals surface area contributed by atoms with Crippen LogP contribution in [0.5, 0.6) is 0 Å². The number of nitrogens with zero attached hydrogens (tertiary/aromatic N) is 2. The maximum absolute atomic E-state index is 8.55. The van der Waals surface area contributed by atoms with Crippen molar-refractivity contribution in [3.8, 4) is 33.6 Å². The largest absolute Gasteiger partial charge is 0.421 e. The highest BCUT2D eigenvalue weighted by Gasteiger charge is 2.17. The van der Waals surface area contributed by atoms with Crippen LogP contribution in [-0.2, 0) is 4.74 Å². The average molecular weight is 757 g/mol. The van der Waals surface area contributed by atoms with Gasteiger partial charge in [-0.15, -0.1) is 0 Å². The van der Waals surface area contributed by atoms with E-state index in [1.807, 2.05) is 42.5 Å². The molecule has 2 heterocycles. The molecule has 9 aromatic carbocycles. The predicted molar refractivity (Wildman–Crippen MR) is 245 cm³/mol. The van der Waals surface area contributed by atoms with Gasteiger partial charge in [0.15, 0.2) is 0 Å². The lowest BCUT2D eigenvalue weighted by molar-refractivity contribution is 0.538. The van der Waals surface area contributed by atoms with Gasteiger partial charge in [0.2, 0.25) is 11.8 Å². The van der Waals surface area contributed by atoms with Crippen LogP contribution in [0.15, 0.2) is 206 Å². The molecule has 11 rings (SSSR count). The molecule has 0 fully saturated rings. The standard InChI is InChI=1S/C54H36N4O/c55-53(37-12-2-1-3-13-37)59-54(56)38-23-29-42(30-24-38)58-50-20-9-7-17-46(50)48-34-40(26-32-52(48)58)39-25-31-51-47(33-39)45-16-6-8-19-49(45)57(51)41-27-21-36(22-28-41)44-18-10-14-35-11-4-5-15-43(35)44/h1-34,55-56H. The minimum absolute atomic E-state index is 0.0504. The van der Waals surface area contributed by atoms with Gasteiger partial charge in [0.1, 0.15) is 0 Å². The zero-order chi connectivity index (χ0) is 39.5. The first-order valence-electron chi connectivity index (χ1n) is 19.8. The third-order valence-corrected chi connectivity index (χ3v) is 11.5. The molecule has 0 aliphatic rings. The fraction of sp³-hybridized carbons (Fsp3) is 0. The molecule has 0 spiro atoms. The van der Waals surface area contributed by atoms with Crippen LogP contribution in [0.3, 0.4) is 0 Å². The van der Waals surface area contributed by atoms with E-state index < -0.39 is 0 Å². The summed E-state index contributed by atoms with van der Waals surface area (Å²) in [6.45, 7) is 0. The first-order chi connectivity index (χ1) is 29.1. The number of para-hydroxylation sites is 2. The summed E-state index contributed by atoms with van der Waals surface area (Å²) in [7, 11) is 0. The van der Waals surface area contributed by atoms with Crippen LogP contribution in [0.25, 0.3) is 88.0 Å². The summed E-state index contributed by atoms with van der Waals surface area (Å²) in [6, 6.07) is 71.9. The Bertz CT molecular complexity index is 3420. The Morgan fingerprint density at radius 1 is 0.339 bits per heavy atom. The molecule has 0 saturated heterocycles. The zero-order valence-electron chi connectivity index (χ0n) is 31.9. The number of aromatic nitrogens is 2. The van der Waals surface area contributed by atoms with Gasteiger partial charge in [0.25, 0.3) is 0 Å². The van der Waals surface area contributed by atoms with E-state index >= 15 is 0 Å². The second-order valence-corrected chi connectivity index (χ2v) is 14.9. The van der Waals surface area contributed by atoms with Crippen LogP contribution in [0, 0.1) is 10.8 Å². The van der Waals surface area contributed by atoms with Gasteiger partial charge in [-0.2, -0.15) is 0 Å². The first-order valence-corrected chi connectivity index (χ1v) is 19.8. The van der Waals surface area contributed by atoms with Gasteiger partial charge in [-0.05, 0) is 118 Å². The van der Waals surface area contributed by atoms with E-state index in [2.05, 4.69) is 161 Å². The summed E-state index contributed by atoms with van der Waals surface area (Å²) >= 11 is 0. The molecule has 5 nitrogen and oxygen atoms in total. The second-order valence-electron chi connectivity index (χ2n) is 14.9. The van der Waals surface area contributed by atoms with Gasteiger partial charge in [-0.1, -0.05) is 121 Å². The molecule has 0 atom stereocenters. The molecule has 0 aliphatic heterocycles. The molecule has 2 N–H and O–H groups in total. The Labute approximate surface area is 340 Å². The van der Waals surface area contributed by atoms with Crippen molar-refractivity contribution >= 4 is 66.2 Å². The molecule has 2 aromatic heterocycles. The number of rotatable bonds is 6. The minimum atomic E-state index is -0.0628. The first kappa shape index (κ1) is 34.2. The molecule has 0 unspecified atom stereocenters. The van der Waals surface area contributed by atoms with Gasteiger partial charge < -0.3 is 13.9 Å². The molecular weight excluding hydrogens is 721 g/mol. The third-order valence-electron chi connectivity index (χ3n) is 11.5. The van der Waals surface area contributed by atoms with Crippen molar-refractivity contribution in [2.45, 2.75) is 0 Å². The number of hydrogen-bond donors (Lipinski definition) is 2. The zero-order valence-corrected chi connectivity index (χ0v) is 31.9. The van der Waals surface area contributed by atoms with E-state index in [9.17, 15) is 0 Å². The van der Waals surface area contributed by atoms with Crippen LogP contribution in [0.1, 0.15) is 11.1 Å². The summed E-state index contributed by atoms with van der Waals surface area (Å²) in [5.41, 5.74) is 12.7. The Morgan fingerprint density at radius 3 is 1.37 bits per heavy atom. The van der Waals surface area contributed by atoms with E-state index in [1.54, 1.807) is 12.1 Å². The summed E-state index contributed by atoms with van der Waals surface area (Å²) in [5, 5.41) is 24.2. The van der Waals surface area contributed by atoms with E-state index in [4.69, 9.17) is 15.6 Å². The average Bonchev–Trinajstić information content (AvgIpc) is 3.81. The fourth-order valence-corrected chi connectivity index (χ4v) is 8.70. The van der Waals surface area contributed by atoms with Gasteiger partial charge in [0, 0.05) is 44.0 Å². The van der Waals surface area contributed by atoms with Crippen molar-refractivity contribution in [2.24, 2.45) is 0 Å². The molecule has 0 amide bonds. The smallest absolute Gasteiger partial charge is 0.221 e. The van der Waals surface area contributed by atoms with E-state index in [0.717, 1.165) is 33.5 Å². The lowest BCUT2D eigenvalue weighted by Gasteiger charge is -2.12. The fourth-order valence-electron chi connectivity index (χ4n) is 8.70. The van der Waals surface area contributed by atoms with Crippen LogP contribution in [0.4, 0.5) is 0 Å². The Hall–Kier alpha value is -8.02. The van der Waals surface area contributed by atoms with Crippen molar-refractivity contribution in [1.29, 1.82) is 10.8 Å². The summed E-state index contributed by atoms with van der Waals surface area (Å²) in [4.78, 5) is 0. The molecule has 0 bridgehead atoms. The molecule has 0 saturated carbocycles. The van der Waals surface area contributed by atoms with Crippen LogP contribution in [-0.4, -0.2) is 20.9 Å². The molecule has 59 heavy (non-hydrogen) atoms. The second kappa shape index (κ2) is 13.9. The van der Waals surface area contributed by atoms with E-state index in [-0.39, 0.29) is 11.8 Å². The maximum Gasteiger partial charge on any atom is 0.221 e. The molecule has 278 valence electrons. The number of benzene rings is 9. The van der Waals surface area contributed by atoms with Crippen molar-refractivity contribution < 1.29 is 4.74 Å². The Morgan fingerprint density at radius 2 is 0.780 bits per heavy atom. The number of hydrogen-bond acceptors (Lipinski definition) is 3. The maximum atomic E-state index is 8.55.